The zero-order chi connectivity index (χ0) is 5.98. The van der Waals surface area contributed by atoms with E-state index in [2.05, 4.69) is 6.92 Å². The molecule has 0 aromatic heterocycles. The van der Waals surface area contributed by atoms with Crippen molar-refractivity contribution in [2.45, 2.75) is 26.2 Å². The first kappa shape index (κ1) is 5.80. The molecule has 1 fully saturated rings. The highest BCUT2D eigenvalue weighted by Gasteiger charge is 2.21. The van der Waals surface area contributed by atoms with Crippen LogP contribution in [-0.2, 0) is 4.79 Å². The number of carbonyl (C=O) groups is 1. The highest BCUT2D eigenvalue weighted by atomic mass is 16.1. The molecule has 1 aliphatic rings. The third kappa shape index (κ3) is 0.908. The van der Waals surface area contributed by atoms with Crippen LogP contribution in [0.15, 0.2) is 0 Å². The van der Waals surface area contributed by atoms with Crippen LogP contribution in [0.25, 0.3) is 0 Å². The molecule has 1 aliphatic carbocycles. The minimum atomic E-state index is 0.384. The molecule has 0 radical (unpaired) electrons. The molecule has 1 saturated carbocycles. The van der Waals surface area contributed by atoms with E-state index in [-0.39, 0.29) is 0 Å². The van der Waals surface area contributed by atoms with Crippen LogP contribution in [0.5, 0.6) is 0 Å². The van der Waals surface area contributed by atoms with Crippen molar-refractivity contribution in [2.24, 2.45) is 11.8 Å². The Balaban J connectivity index is 2.41. The average molecular weight is 112 g/mol. The first-order chi connectivity index (χ1) is 3.84. The minimum Gasteiger partial charge on any atom is -0.303 e. The van der Waals surface area contributed by atoms with Gasteiger partial charge in [-0.1, -0.05) is 19.8 Å². The lowest BCUT2D eigenvalue weighted by Crippen LogP contribution is -2.03. The molecule has 0 bridgehead atoms. The maximum absolute atomic E-state index is 10.2. The quantitative estimate of drug-likeness (QED) is 0.471. The van der Waals surface area contributed by atoms with Gasteiger partial charge in [0.05, 0.1) is 0 Å². The van der Waals surface area contributed by atoms with E-state index in [4.69, 9.17) is 0 Å². The van der Waals surface area contributed by atoms with Crippen molar-refractivity contribution < 1.29 is 4.79 Å². The van der Waals surface area contributed by atoms with Gasteiger partial charge in [-0.05, 0) is 12.3 Å². The molecular weight excluding hydrogens is 100 g/mol. The molecule has 0 aliphatic heterocycles. The molecule has 0 amide bonds. The Morgan fingerprint density at radius 2 is 2.25 bits per heavy atom. The second-order valence-corrected chi connectivity index (χ2v) is 2.71. The van der Waals surface area contributed by atoms with Gasteiger partial charge in [0.25, 0.3) is 0 Å². The predicted octanol–water partition coefficient (Wildman–Crippen LogP) is 1.62. The summed E-state index contributed by atoms with van der Waals surface area (Å²) in [6.45, 7) is 2.16. The Labute approximate surface area is 50.1 Å². The molecule has 46 valence electrons. The van der Waals surface area contributed by atoms with Crippen molar-refractivity contribution in [3.8, 4) is 0 Å². The highest BCUT2D eigenvalue weighted by molar-refractivity contribution is 5.54. The molecule has 0 aromatic carbocycles. The molecule has 1 rings (SSSR count). The SMILES string of the molecule is CC1CCCC1C=O. The Kier molecular flexibility index (Phi) is 1.66. The zero-order valence-corrected chi connectivity index (χ0v) is 5.26. The fourth-order valence-corrected chi connectivity index (χ4v) is 1.38. The van der Waals surface area contributed by atoms with Gasteiger partial charge in [-0.25, -0.2) is 0 Å². The van der Waals surface area contributed by atoms with E-state index in [1.165, 1.54) is 12.8 Å². The van der Waals surface area contributed by atoms with Crippen LogP contribution in [0, 0.1) is 11.8 Å². The molecule has 2 unspecified atom stereocenters. The predicted molar refractivity (Wildman–Crippen MR) is 32.6 cm³/mol. The summed E-state index contributed by atoms with van der Waals surface area (Å²) in [4.78, 5) is 10.2. The van der Waals surface area contributed by atoms with E-state index < -0.39 is 0 Å². The maximum Gasteiger partial charge on any atom is 0.123 e. The van der Waals surface area contributed by atoms with E-state index >= 15 is 0 Å². The molecule has 8 heavy (non-hydrogen) atoms. The first-order valence-corrected chi connectivity index (χ1v) is 3.30. The summed E-state index contributed by atoms with van der Waals surface area (Å²) in [5.74, 6) is 1.04. The average Bonchev–Trinajstić information content (AvgIpc) is 2.14. The molecule has 1 nitrogen and oxygen atoms in total. The lowest BCUT2D eigenvalue weighted by molar-refractivity contribution is -0.111. The van der Waals surface area contributed by atoms with E-state index in [1.54, 1.807) is 0 Å². The molecule has 1 heteroatoms. The van der Waals surface area contributed by atoms with Crippen LogP contribution in [-0.4, -0.2) is 6.29 Å². The Hall–Kier alpha value is -0.330. The monoisotopic (exact) mass is 112 g/mol. The third-order valence-corrected chi connectivity index (χ3v) is 2.10. The van der Waals surface area contributed by atoms with Gasteiger partial charge in [0.2, 0.25) is 0 Å². The van der Waals surface area contributed by atoms with Gasteiger partial charge in [-0.15, -0.1) is 0 Å². The third-order valence-electron chi connectivity index (χ3n) is 2.10. The maximum atomic E-state index is 10.2. The Bertz CT molecular complexity index is 88.4. The van der Waals surface area contributed by atoms with E-state index in [0.29, 0.717) is 11.8 Å². The first-order valence-electron chi connectivity index (χ1n) is 3.30. The molecular formula is C7H12O. The summed E-state index contributed by atoms with van der Waals surface area (Å²) in [6, 6.07) is 0. The lowest BCUT2D eigenvalue weighted by atomic mass is 10.0. The summed E-state index contributed by atoms with van der Waals surface area (Å²) in [6.07, 6.45) is 4.75. The summed E-state index contributed by atoms with van der Waals surface area (Å²) >= 11 is 0. The van der Waals surface area contributed by atoms with Crippen molar-refractivity contribution in [2.75, 3.05) is 0 Å². The van der Waals surface area contributed by atoms with E-state index in [1.807, 2.05) is 0 Å². The lowest BCUT2D eigenvalue weighted by Gasteiger charge is -2.03. The van der Waals surface area contributed by atoms with Gasteiger partial charge in [-0.2, -0.15) is 0 Å². The number of hydrogen-bond donors (Lipinski definition) is 0. The molecule has 0 saturated heterocycles. The van der Waals surface area contributed by atoms with E-state index in [0.717, 1.165) is 12.7 Å². The van der Waals surface area contributed by atoms with Gasteiger partial charge in [0.1, 0.15) is 6.29 Å². The van der Waals surface area contributed by atoms with Crippen LogP contribution in [0.4, 0.5) is 0 Å². The number of aldehydes is 1. The highest BCUT2D eigenvalue weighted by Crippen LogP contribution is 2.28. The number of rotatable bonds is 1. The second-order valence-electron chi connectivity index (χ2n) is 2.71. The summed E-state index contributed by atoms with van der Waals surface area (Å²) < 4.78 is 0. The molecule has 2 atom stereocenters. The smallest absolute Gasteiger partial charge is 0.123 e. The number of hydrogen-bond acceptors (Lipinski definition) is 1. The van der Waals surface area contributed by atoms with Crippen molar-refractivity contribution >= 4 is 6.29 Å². The Morgan fingerprint density at radius 3 is 2.50 bits per heavy atom. The van der Waals surface area contributed by atoms with Gasteiger partial charge < -0.3 is 4.79 Å². The molecule has 0 N–H and O–H groups in total. The fraction of sp³-hybridized carbons (Fsp3) is 0.857. The fourth-order valence-electron chi connectivity index (χ4n) is 1.38. The zero-order valence-electron chi connectivity index (χ0n) is 5.26. The Morgan fingerprint density at radius 1 is 1.50 bits per heavy atom. The molecule has 0 heterocycles. The topological polar surface area (TPSA) is 17.1 Å². The normalized spacial score (nSPS) is 37.6. The molecule has 0 spiro atoms. The summed E-state index contributed by atoms with van der Waals surface area (Å²) in [7, 11) is 0. The van der Waals surface area contributed by atoms with Crippen LogP contribution in [0.2, 0.25) is 0 Å². The van der Waals surface area contributed by atoms with Crippen LogP contribution < -0.4 is 0 Å². The molecule has 0 aromatic rings. The van der Waals surface area contributed by atoms with Gasteiger partial charge in [-0.3, -0.25) is 0 Å². The summed E-state index contributed by atoms with van der Waals surface area (Å²) in [5.41, 5.74) is 0. The van der Waals surface area contributed by atoms with Crippen LogP contribution in [0.3, 0.4) is 0 Å². The van der Waals surface area contributed by atoms with Crippen molar-refractivity contribution in [1.29, 1.82) is 0 Å². The second kappa shape index (κ2) is 2.29. The standard InChI is InChI=1S/C7H12O/c1-6-3-2-4-7(6)5-8/h5-7H,2-4H2,1H3. The van der Waals surface area contributed by atoms with Gasteiger partial charge in [0.15, 0.2) is 0 Å². The van der Waals surface area contributed by atoms with Gasteiger partial charge in [0, 0.05) is 5.92 Å². The summed E-state index contributed by atoms with van der Waals surface area (Å²) in [5, 5.41) is 0. The van der Waals surface area contributed by atoms with Crippen LogP contribution in [0.1, 0.15) is 26.2 Å². The van der Waals surface area contributed by atoms with Crippen molar-refractivity contribution in [3.63, 3.8) is 0 Å². The largest absolute Gasteiger partial charge is 0.303 e. The van der Waals surface area contributed by atoms with Gasteiger partial charge >= 0.3 is 0 Å². The van der Waals surface area contributed by atoms with E-state index in [9.17, 15) is 4.79 Å². The van der Waals surface area contributed by atoms with Crippen LogP contribution >= 0.6 is 0 Å². The van der Waals surface area contributed by atoms with Crippen molar-refractivity contribution in [3.05, 3.63) is 0 Å². The number of carbonyl (C=O) groups excluding carboxylic acids is 1. The van der Waals surface area contributed by atoms with Crippen molar-refractivity contribution in [1.82, 2.24) is 0 Å². The minimum absolute atomic E-state index is 0.384.